The minimum atomic E-state index is -0.831. The van der Waals surface area contributed by atoms with Crippen LogP contribution in [-0.2, 0) is 9.63 Å². The van der Waals surface area contributed by atoms with Crippen molar-refractivity contribution in [3.63, 3.8) is 0 Å². The molecule has 0 aliphatic rings. The van der Waals surface area contributed by atoms with E-state index in [9.17, 15) is 14.0 Å². The van der Waals surface area contributed by atoms with Crippen molar-refractivity contribution in [3.8, 4) is 0 Å². The number of amides is 2. The molecule has 0 bridgehead atoms. The van der Waals surface area contributed by atoms with Crippen LogP contribution in [0.2, 0.25) is 0 Å². The van der Waals surface area contributed by atoms with E-state index in [0.29, 0.717) is 5.69 Å². The minimum Gasteiger partial charge on any atom is -0.337 e. The van der Waals surface area contributed by atoms with E-state index in [1.54, 1.807) is 32.0 Å². The van der Waals surface area contributed by atoms with Gasteiger partial charge in [-0.3, -0.25) is 19.6 Å². The average Bonchev–Trinajstić information content (AvgIpc) is 2.65. The summed E-state index contributed by atoms with van der Waals surface area (Å²) in [5.74, 6) is -1.86. The second-order valence-corrected chi connectivity index (χ2v) is 5.21. The van der Waals surface area contributed by atoms with Gasteiger partial charge in [-0.1, -0.05) is 19.9 Å². The number of benzene rings is 1. The van der Waals surface area contributed by atoms with Crippen LogP contribution in [0.3, 0.4) is 0 Å². The van der Waals surface area contributed by atoms with E-state index in [2.05, 4.69) is 15.1 Å². The fourth-order valence-electron chi connectivity index (χ4n) is 1.94. The molecule has 2 aromatic rings. The molecule has 0 spiro atoms. The highest BCUT2D eigenvalue weighted by Crippen LogP contribution is 2.22. The van der Waals surface area contributed by atoms with Crippen LogP contribution < -0.4 is 16.3 Å². The number of pyridine rings is 1. The highest BCUT2D eigenvalue weighted by molar-refractivity contribution is 5.98. The van der Waals surface area contributed by atoms with Crippen molar-refractivity contribution < 1.29 is 24.0 Å². The number of halogens is 1. The van der Waals surface area contributed by atoms with E-state index in [-0.39, 0.29) is 17.1 Å². The van der Waals surface area contributed by atoms with Crippen LogP contribution in [0.15, 0.2) is 30.3 Å². The molecule has 0 atom stereocenters. The van der Waals surface area contributed by atoms with Crippen LogP contribution in [0.5, 0.6) is 0 Å². The van der Waals surface area contributed by atoms with Gasteiger partial charge in [-0.05, 0) is 43.7 Å². The second-order valence-electron chi connectivity index (χ2n) is 5.21. The first-order valence-corrected chi connectivity index (χ1v) is 8.26. The molecular formula is C18H23FN4O4. The normalized spacial score (nSPS) is 9.70. The molecule has 8 nitrogen and oxygen atoms in total. The summed E-state index contributed by atoms with van der Waals surface area (Å²) in [4.78, 5) is 31.9. The van der Waals surface area contributed by atoms with Gasteiger partial charge in [0, 0.05) is 5.69 Å². The predicted molar refractivity (Wildman–Crippen MR) is 98.1 cm³/mol. The van der Waals surface area contributed by atoms with Gasteiger partial charge in [0.05, 0.1) is 11.3 Å². The predicted octanol–water partition coefficient (Wildman–Crippen LogP) is 2.77. The van der Waals surface area contributed by atoms with E-state index < -0.39 is 24.2 Å². The first kappa shape index (κ1) is 22.0. The van der Waals surface area contributed by atoms with Gasteiger partial charge in [-0.2, -0.15) is 0 Å². The fourth-order valence-corrected chi connectivity index (χ4v) is 1.94. The number of hydrogen-bond acceptors (Lipinski definition) is 6. The molecule has 2 rings (SSSR count). The number of nitrogens with one attached hydrogen (secondary N) is 3. The lowest BCUT2D eigenvalue weighted by atomic mass is 10.2. The molecular weight excluding hydrogens is 355 g/mol. The molecule has 0 aliphatic carbocycles. The van der Waals surface area contributed by atoms with Gasteiger partial charge in [0.15, 0.2) is 6.61 Å². The van der Waals surface area contributed by atoms with Crippen molar-refractivity contribution in [1.82, 2.24) is 15.9 Å². The van der Waals surface area contributed by atoms with Crippen molar-refractivity contribution >= 4 is 23.3 Å². The van der Waals surface area contributed by atoms with Gasteiger partial charge in [0.2, 0.25) is 0 Å². The summed E-state index contributed by atoms with van der Waals surface area (Å²) in [5, 5.41) is 11.1. The van der Waals surface area contributed by atoms with Gasteiger partial charge in [0.25, 0.3) is 11.8 Å². The molecule has 1 aromatic carbocycles. The zero-order chi connectivity index (χ0) is 20.4. The fraction of sp³-hybridized carbons (Fsp3) is 0.278. The largest absolute Gasteiger partial charge is 0.337 e. The molecule has 27 heavy (non-hydrogen) atoms. The number of aryl methyl sites for hydroxylation is 2. The van der Waals surface area contributed by atoms with Crippen LogP contribution in [0.4, 0.5) is 15.9 Å². The summed E-state index contributed by atoms with van der Waals surface area (Å²) >= 11 is 0. The smallest absolute Gasteiger partial charge is 0.278 e. The van der Waals surface area contributed by atoms with Crippen LogP contribution in [0, 0.1) is 19.7 Å². The zero-order valence-corrected chi connectivity index (χ0v) is 15.6. The van der Waals surface area contributed by atoms with Crippen molar-refractivity contribution in [2.75, 3.05) is 11.9 Å². The number of nitrogens with zero attached hydrogens (tertiary/aromatic N) is 1. The summed E-state index contributed by atoms with van der Waals surface area (Å²) in [6, 6.07) is 7.71. The standard InChI is InChI=1S/C16H17FN4O4.C2H6/c1-9-3-6-13(12(17)7-9)19-15-11(5-4-10(2)18-15)16(23)21-25-8-14(22)20-24;1-2/h3-7,24H,8H2,1-2H3,(H,18,19)(H,20,22)(H,21,23);1-2H3. The maximum Gasteiger partial charge on any atom is 0.278 e. The summed E-state index contributed by atoms with van der Waals surface area (Å²) < 4.78 is 14.0. The number of carbonyl (C=O) groups is 2. The Labute approximate surface area is 156 Å². The summed E-state index contributed by atoms with van der Waals surface area (Å²) in [5.41, 5.74) is 5.04. The van der Waals surface area contributed by atoms with E-state index in [4.69, 9.17) is 5.21 Å². The van der Waals surface area contributed by atoms with Crippen molar-refractivity contribution in [2.45, 2.75) is 27.7 Å². The lowest BCUT2D eigenvalue weighted by Gasteiger charge is -2.13. The molecule has 146 valence electrons. The number of carbonyl (C=O) groups excluding carboxylic acids is 2. The van der Waals surface area contributed by atoms with Crippen molar-refractivity contribution in [2.24, 2.45) is 0 Å². The number of hydroxylamine groups is 2. The number of rotatable bonds is 6. The van der Waals surface area contributed by atoms with Gasteiger partial charge < -0.3 is 5.32 Å². The summed E-state index contributed by atoms with van der Waals surface area (Å²) in [7, 11) is 0. The second kappa shape index (κ2) is 10.8. The van der Waals surface area contributed by atoms with Crippen LogP contribution in [0.25, 0.3) is 0 Å². The molecule has 4 N–H and O–H groups in total. The number of aromatic nitrogens is 1. The minimum absolute atomic E-state index is 0.0926. The highest BCUT2D eigenvalue weighted by atomic mass is 19.1. The van der Waals surface area contributed by atoms with Crippen LogP contribution >= 0.6 is 0 Å². The van der Waals surface area contributed by atoms with Crippen molar-refractivity contribution in [1.29, 1.82) is 0 Å². The molecule has 0 fully saturated rings. The Morgan fingerprint density at radius 1 is 1.19 bits per heavy atom. The van der Waals surface area contributed by atoms with Gasteiger partial charge in [0.1, 0.15) is 11.6 Å². The first-order valence-electron chi connectivity index (χ1n) is 8.26. The zero-order valence-electron chi connectivity index (χ0n) is 15.6. The molecule has 0 saturated heterocycles. The Morgan fingerprint density at radius 3 is 2.52 bits per heavy atom. The third-order valence-corrected chi connectivity index (χ3v) is 3.15. The third kappa shape index (κ3) is 6.65. The molecule has 2 amide bonds. The summed E-state index contributed by atoms with van der Waals surface area (Å²) in [6.45, 7) is 6.91. The Kier molecular flexibility index (Phi) is 8.83. The average molecular weight is 378 g/mol. The maximum atomic E-state index is 14.0. The number of hydrogen-bond donors (Lipinski definition) is 4. The summed E-state index contributed by atoms with van der Waals surface area (Å²) in [6.07, 6.45) is 0. The Morgan fingerprint density at radius 2 is 1.89 bits per heavy atom. The molecule has 0 saturated carbocycles. The quantitative estimate of drug-likeness (QED) is 0.454. The molecule has 9 heteroatoms. The number of anilines is 2. The van der Waals surface area contributed by atoms with E-state index >= 15 is 0 Å². The Bertz CT molecular complexity index is 799. The van der Waals surface area contributed by atoms with Gasteiger partial charge in [-0.25, -0.2) is 20.3 Å². The SMILES string of the molecule is CC.Cc1ccc(Nc2nc(C)ccc2C(=O)NOCC(=O)NO)c(F)c1. The first-order chi connectivity index (χ1) is 12.9. The lowest BCUT2D eigenvalue weighted by Crippen LogP contribution is -2.31. The van der Waals surface area contributed by atoms with Crippen molar-refractivity contribution in [3.05, 3.63) is 53.0 Å². The lowest BCUT2D eigenvalue weighted by molar-refractivity contribution is -0.135. The van der Waals surface area contributed by atoms with E-state index in [1.807, 2.05) is 19.3 Å². The van der Waals surface area contributed by atoms with Gasteiger partial charge >= 0.3 is 0 Å². The molecule has 0 radical (unpaired) electrons. The van der Waals surface area contributed by atoms with Crippen LogP contribution in [0.1, 0.15) is 35.5 Å². The Hall–Kier alpha value is -3.04. The van der Waals surface area contributed by atoms with E-state index in [0.717, 1.165) is 5.56 Å². The molecule has 1 aromatic heterocycles. The molecule has 1 heterocycles. The van der Waals surface area contributed by atoms with Crippen LogP contribution in [-0.4, -0.2) is 28.6 Å². The molecule has 0 unspecified atom stereocenters. The van der Waals surface area contributed by atoms with Gasteiger partial charge in [-0.15, -0.1) is 0 Å². The Balaban J connectivity index is 0.00000176. The monoisotopic (exact) mass is 378 g/mol. The van der Waals surface area contributed by atoms with E-state index in [1.165, 1.54) is 17.6 Å². The third-order valence-electron chi connectivity index (χ3n) is 3.15. The molecule has 0 aliphatic heterocycles. The highest BCUT2D eigenvalue weighted by Gasteiger charge is 2.15. The maximum absolute atomic E-state index is 14.0. The topological polar surface area (TPSA) is 113 Å².